The van der Waals surface area contributed by atoms with E-state index in [1.54, 1.807) is 13.8 Å². The number of esters is 1. The van der Waals surface area contributed by atoms with Crippen LogP contribution < -0.4 is 4.90 Å². The van der Waals surface area contributed by atoms with Gasteiger partial charge < -0.3 is 9.64 Å². The Morgan fingerprint density at radius 3 is 2.77 bits per heavy atom. The summed E-state index contributed by atoms with van der Waals surface area (Å²) in [4.78, 5) is 13.9. The van der Waals surface area contributed by atoms with Gasteiger partial charge in [0.15, 0.2) is 0 Å². The first-order valence-corrected chi connectivity index (χ1v) is 7.89. The lowest BCUT2D eigenvalue weighted by Gasteiger charge is -2.35. The number of fused-ring (bicyclic) bond motifs is 1. The van der Waals surface area contributed by atoms with Gasteiger partial charge in [0, 0.05) is 18.3 Å². The largest absolute Gasteiger partial charge is 0.461 e. The first-order valence-electron chi connectivity index (χ1n) is 7.89. The second kappa shape index (κ2) is 6.95. The van der Waals surface area contributed by atoms with Crippen LogP contribution in [0.4, 0.5) is 10.1 Å². The number of halogens is 1. The molecule has 0 saturated carbocycles. The zero-order valence-corrected chi connectivity index (χ0v) is 13.8. The SMILES string of the molecule is CCOC(=O)C(F)=C(C)c1ccc2c(c1)CCCN2C(C)C. The number of rotatable bonds is 4. The van der Waals surface area contributed by atoms with Crippen molar-refractivity contribution in [2.24, 2.45) is 0 Å². The Morgan fingerprint density at radius 1 is 1.41 bits per heavy atom. The van der Waals surface area contributed by atoms with E-state index in [1.807, 2.05) is 18.2 Å². The number of hydrogen-bond donors (Lipinski definition) is 0. The predicted molar refractivity (Wildman–Crippen MR) is 87.6 cm³/mol. The number of ether oxygens (including phenoxy) is 1. The highest BCUT2D eigenvalue weighted by Gasteiger charge is 2.21. The van der Waals surface area contributed by atoms with Crippen LogP contribution in [0.25, 0.3) is 5.57 Å². The lowest BCUT2D eigenvalue weighted by molar-refractivity contribution is -0.140. The van der Waals surface area contributed by atoms with E-state index < -0.39 is 11.8 Å². The molecular weight excluding hydrogens is 281 g/mol. The summed E-state index contributed by atoms with van der Waals surface area (Å²) in [6.45, 7) is 8.86. The van der Waals surface area contributed by atoms with E-state index in [0.29, 0.717) is 11.6 Å². The molecule has 0 saturated heterocycles. The van der Waals surface area contributed by atoms with Crippen LogP contribution in [0.5, 0.6) is 0 Å². The zero-order valence-electron chi connectivity index (χ0n) is 13.8. The summed E-state index contributed by atoms with van der Waals surface area (Å²) in [6, 6.07) is 6.36. The third kappa shape index (κ3) is 3.32. The smallest absolute Gasteiger partial charge is 0.367 e. The van der Waals surface area contributed by atoms with Crippen molar-refractivity contribution >= 4 is 17.2 Å². The van der Waals surface area contributed by atoms with E-state index in [1.165, 1.54) is 11.3 Å². The van der Waals surface area contributed by atoms with Gasteiger partial charge in [-0.25, -0.2) is 4.79 Å². The van der Waals surface area contributed by atoms with Crippen molar-refractivity contribution in [2.45, 2.75) is 46.6 Å². The monoisotopic (exact) mass is 305 g/mol. The molecule has 0 radical (unpaired) electrons. The maximum Gasteiger partial charge on any atom is 0.367 e. The van der Waals surface area contributed by atoms with Gasteiger partial charge in [-0.05, 0) is 69.4 Å². The van der Waals surface area contributed by atoms with Crippen molar-refractivity contribution in [1.29, 1.82) is 0 Å². The molecule has 1 aliphatic heterocycles. The lowest BCUT2D eigenvalue weighted by atomic mass is 9.95. The molecule has 1 aromatic rings. The number of carbonyl (C=O) groups is 1. The Bertz CT molecular complexity index is 593. The predicted octanol–water partition coefficient (Wildman–Crippen LogP) is 4.11. The summed E-state index contributed by atoms with van der Waals surface area (Å²) >= 11 is 0. The molecule has 0 fully saturated rings. The van der Waals surface area contributed by atoms with Gasteiger partial charge >= 0.3 is 5.97 Å². The molecule has 1 aliphatic rings. The van der Waals surface area contributed by atoms with E-state index >= 15 is 0 Å². The number of benzene rings is 1. The lowest BCUT2D eigenvalue weighted by Crippen LogP contribution is -2.35. The highest BCUT2D eigenvalue weighted by Crippen LogP contribution is 2.32. The average Bonchev–Trinajstić information content (AvgIpc) is 2.52. The van der Waals surface area contributed by atoms with Crippen LogP contribution in [0.3, 0.4) is 0 Å². The van der Waals surface area contributed by atoms with Crippen LogP contribution in [-0.4, -0.2) is 25.2 Å². The van der Waals surface area contributed by atoms with Crippen molar-refractivity contribution in [3.63, 3.8) is 0 Å². The highest BCUT2D eigenvalue weighted by atomic mass is 19.1. The number of allylic oxidation sites excluding steroid dienone is 1. The molecule has 2 rings (SSSR count). The summed E-state index contributed by atoms with van der Waals surface area (Å²) in [5.74, 6) is -1.69. The van der Waals surface area contributed by atoms with Crippen molar-refractivity contribution in [3.8, 4) is 0 Å². The standard InChI is InChI=1S/C18H24FNO2/c1-5-22-18(21)17(19)13(4)14-8-9-16-15(11-14)7-6-10-20(16)12(2)3/h8-9,11-12H,5-7,10H2,1-4H3. The minimum atomic E-state index is -0.887. The molecule has 22 heavy (non-hydrogen) atoms. The first kappa shape index (κ1) is 16.5. The summed E-state index contributed by atoms with van der Waals surface area (Å²) in [5, 5.41) is 0. The molecule has 0 atom stereocenters. The van der Waals surface area contributed by atoms with E-state index in [-0.39, 0.29) is 6.61 Å². The molecule has 0 bridgehead atoms. The fraction of sp³-hybridized carbons (Fsp3) is 0.500. The van der Waals surface area contributed by atoms with E-state index in [9.17, 15) is 9.18 Å². The van der Waals surface area contributed by atoms with Crippen LogP contribution in [0.1, 0.15) is 45.2 Å². The number of carbonyl (C=O) groups excluding carboxylic acids is 1. The number of aryl methyl sites for hydroxylation is 1. The molecule has 4 heteroatoms. The maximum atomic E-state index is 14.1. The Hall–Kier alpha value is -1.84. The summed E-state index contributed by atoms with van der Waals surface area (Å²) < 4.78 is 18.8. The van der Waals surface area contributed by atoms with Crippen LogP contribution >= 0.6 is 0 Å². The van der Waals surface area contributed by atoms with Crippen LogP contribution in [0.15, 0.2) is 24.0 Å². The molecule has 1 aromatic carbocycles. The first-order chi connectivity index (χ1) is 10.5. The third-order valence-corrected chi connectivity index (χ3v) is 4.07. The number of hydrogen-bond acceptors (Lipinski definition) is 3. The van der Waals surface area contributed by atoms with Gasteiger partial charge in [-0.1, -0.05) is 6.07 Å². The van der Waals surface area contributed by atoms with Crippen molar-refractivity contribution in [1.82, 2.24) is 0 Å². The van der Waals surface area contributed by atoms with Crippen molar-refractivity contribution in [2.75, 3.05) is 18.1 Å². The van der Waals surface area contributed by atoms with Crippen molar-refractivity contribution < 1.29 is 13.9 Å². The molecule has 1 heterocycles. The van der Waals surface area contributed by atoms with E-state index in [2.05, 4.69) is 18.7 Å². The molecule has 0 N–H and O–H groups in total. The molecule has 0 spiro atoms. The fourth-order valence-corrected chi connectivity index (χ4v) is 2.87. The van der Waals surface area contributed by atoms with Gasteiger partial charge in [-0.3, -0.25) is 0 Å². The normalized spacial score (nSPS) is 15.5. The average molecular weight is 305 g/mol. The maximum absolute atomic E-state index is 14.1. The molecule has 120 valence electrons. The van der Waals surface area contributed by atoms with Gasteiger partial charge in [0.2, 0.25) is 5.83 Å². The number of anilines is 1. The van der Waals surface area contributed by atoms with E-state index in [4.69, 9.17) is 4.74 Å². The van der Waals surface area contributed by atoms with Crippen LogP contribution in [0, 0.1) is 0 Å². The molecule has 0 unspecified atom stereocenters. The molecule has 0 aliphatic carbocycles. The summed E-state index contributed by atoms with van der Waals surface area (Å²) in [7, 11) is 0. The minimum Gasteiger partial charge on any atom is -0.461 e. The van der Waals surface area contributed by atoms with Crippen LogP contribution in [-0.2, 0) is 16.0 Å². The van der Waals surface area contributed by atoms with Gasteiger partial charge in [0.1, 0.15) is 0 Å². The summed E-state index contributed by atoms with van der Waals surface area (Å²) in [6.07, 6.45) is 2.08. The highest BCUT2D eigenvalue weighted by molar-refractivity contribution is 5.95. The Balaban J connectivity index is 2.35. The minimum absolute atomic E-state index is 0.174. The Morgan fingerprint density at radius 2 is 2.14 bits per heavy atom. The molecule has 0 aromatic heterocycles. The molecular formula is C18H24FNO2. The topological polar surface area (TPSA) is 29.5 Å². The van der Waals surface area contributed by atoms with Crippen LogP contribution in [0.2, 0.25) is 0 Å². The third-order valence-electron chi connectivity index (χ3n) is 4.07. The van der Waals surface area contributed by atoms with Crippen molar-refractivity contribution in [3.05, 3.63) is 35.2 Å². The second-order valence-electron chi connectivity index (χ2n) is 5.89. The molecule has 3 nitrogen and oxygen atoms in total. The number of nitrogens with zero attached hydrogens (tertiary/aromatic N) is 1. The van der Waals surface area contributed by atoms with E-state index in [0.717, 1.165) is 24.9 Å². The van der Waals surface area contributed by atoms with Gasteiger partial charge in [0.05, 0.1) is 6.61 Å². The fourth-order valence-electron chi connectivity index (χ4n) is 2.87. The van der Waals surface area contributed by atoms with Gasteiger partial charge in [-0.15, -0.1) is 0 Å². The summed E-state index contributed by atoms with van der Waals surface area (Å²) in [5.41, 5.74) is 3.51. The Kier molecular flexibility index (Phi) is 5.22. The molecule has 0 amide bonds. The Labute approximate surface area is 131 Å². The quantitative estimate of drug-likeness (QED) is 0.619. The second-order valence-corrected chi connectivity index (χ2v) is 5.89. The van der Waals surface area contributed by atoms with Gasteiger partial charge in [-0.2, -0.15) is 4.39 Å². The van der Waals surface area contributed by atoms with Gasteiger partial charge in [0.25, 0.3) is 0 Å². The zero-order chi connectivity index (χ0) is 16.3.